The monoisotopic (exact) mass is 295 g/mol. The molecule has 0 spiro atoms. The lowest BCUT2D eigenvalue weighted by molar-refractivity contribution is -0.142. The third-order valence-corrected chi connectivity index (χ3v) is 2.86. The normalized spacial score (nSPS) is 11.7. The van der Waals surface area contributed by atoms with Crippen LogP contribution < -0.4 is 10.1 Å². The molecule has 0 heterocycles. The lowest BCUT2D eigenvalue weighted by atomic mass is 10.2. The summed E-state index contributed by atoms with van der Waals surface area (Å²) in [4.78, 5) is 22.4. The molecule has 116 valence electrons. The largest absolute Gasteiger partial charge is 0.494 e. The van der Waals surface area contributed by atoms with Crippen molar-refractivity contribution < 1.29 is 24.5 Å². The first-order valence-electron chi connectivity index (χ1n) is 6.85. The van der Waals surface area contributed by atoms with Crippen LogP contribution in [0.3, 0.4) is 0 Å². The smallest absolute Gasteiger partial charge is 0.326 e. The van der Waals surface area contributed by atoms with Crippen molar-refractivity contribution >= 4 is 11.9 Å². The summed E-state index contributed by atoms with van der Waals surface area (Å²) in [6.07, 6.45) is 0.674. The Balaban J connectivity index is 2.25. The van der Waals surface area contributed by atoms with Gasteiger partial charge < -0.3 is 20.3 Å². The zero-order chi connectivity index (χ0) is 15.7. The molecular formula is C15H21NO5. The van der Waals surface area contributed by atoms with E-state index < -0.39 is 12.0 Å². The van der Waals surface area contributed by atoms with Crippen LogP contribution in [0.2, 0.25) is 0 Å². The Bertz CT molecular complexity index is 475. The van der Waals surface area contributed by atoms with Gasteiger partial charge in [0.05, 0.1) is 6.61 Å². The van der Waals surface area contributed by atoms with E-state index in [9.17, 15) is 9.59 Å². The number of aliphatic carboxylic acids is 1. The molecule has 3 N–H and O–H groups in total. The van der Waals surface area contributed by atoms with Crippen LogP contribution in [0.4, 0.5) is 0 Å². The van der Waals surface area contributed by atoms with E-state index in [-0.39, 0.29) is 25.4 Å². The number of amides is 1. The molecule has 1 atom stereocenters. The number of hydrogen-bond donors (Lipinski definition) is 3. The summed E-state index contributed by atoms with van der Waals surface area (Å²) in [5, 5.41) is 19.9. The number of aryl methyl sites for hydroxylation is 1. The van der Waals surface area contributed by atoms with Crippen LogP contribution in [0.15, 0.2) is 24.3 Å². The average molecular weight is 295 g/mol. The van der Waals surface area contributed by atoms with Gasteiger partial charge in [-0.05, 0) is 31.0 Å². The van der Waals surface area contributed by atoms with E-state index in [0.29, 0.717) is 13.0 Å². The van der Waals surface area contributed by atoms with E-state index in [1.165, 1.54) is 0 Å². The number of carbonyl (C=O) groups is 2. The maximum Gasteiger partial charge on any atom is 0.326 e. The second-order valence-electron chi connectivity index (χ2n) is 4.74. The average Bonchev–Trinajstić information content (AvgIpc) is 2.43. The van der Waals surface area contributed by atoms with Gasteiger partial charge in [0, 0.05) is 19.4 Å². The fourth-order valence-corrected chi connectivity index (χ4v) is 1.78. The number of rotatable bonds is 9. The molecular weight excluding hydrogens is 274 g/mol. The van der Waals surface area contributed by atoms with Gasteiger partial charge in [0.15, 0.2) is 0 Å². The predicted octanol–water partition coefficient (Wildman–Crippen LogP) is 1.11. The quantitative estimate of drug-likeness (QED) is 0.593. The number of carbonyl (C=O) groups excluding carboxylic acids is 1. The van der Waals surface area contributed by atoms with Crippen LogP contribution in [0.25, 0.3) is 0 Å². The molecule has 0 unspecified atom stereocenters. The Morgan fingerprint density at radius 3 is 2.76 bits per heavy atom. The van der Waals surface area contributed by atoms with Gasteiger partial charge in [-0.2, -0.15) is 0 Å². The summed E-state index contributed by atoms with van der Waals surface area (Å²) in [7, 11) is 0. The number of ether oxygens (including phenoxy) is 1. The molecule has 0 saturated heterocycles. The third kappa shape index (κ3) is 6.76. The van der Waals surface area contributed by atoms with Crippen molar-refractivity contribution in [3.8, 4) is 5.75 Å². The second kappa shape index (κ2) is 8.97. The van der Waals surface area contributed by atoms with E-state index in [2.05, 4.69) is 5.32 Å². The number of benzene rings is 1. The van der Waals surface area contributed by atoms with Crippen molar-refractivity contribution in [3.05, 3.63) is 29.8 Å². The molecule has 6 heteroatoms. The van der Waals surface area contributed by atoms with Gasteiger partial charge in [-0.25, -0.2) is 4.79 Å². The Labute approximate surface area is 123 Å². The topological polar surface area (TPSA) is 95.9 Å². The first kappa shape index (κ1) is 17.0. The first-order chi connectivity index (χ1) is 10.0. The van der Waals surface area contributed by atoms with Crippen molar-refractivity contribution in [2.24, 2.45) is 0 Å². The Kier molecular flexibility index (Phi) is 7.25. The number of nitrogens with one attached hydrogen (secondary N) is 1. The third-order valence-electron chi connectivity index (χ3n) is 2.86. The molecule has 0 aliphatic heterocycles. The Morgan fingerprint density at radius 2 is 2.14 bits per heavy atom. The highest BCUT2D eigenvalue weighted by Gasteiger charge is 2.18. The molecule has 0 bridgehead atoms. The second-order valence-corrected chi connectivity index (χ2v) is 4.74. The highest BCUT2D eigenvalue weighted by atomic mass is 16.5. The summed E-state index contributed by atoms with van der Waals surface area (Å²) in [6.45, 7) is 2.07. The van der Waals surface area contributed by atoms with Gasteiger partial charge in [0.25, 0.3) is 0 Å². The number of aliphatic hydroxyl groups excluding tert-OH is 1. The minimum absolute atomic E-state index is 0.000859. The SMILES string of the molecule is Cc1cccc(OCCCC(=O)N[C@H](CCO)C(=O)O)c1. The van der Waals surface area contributed by atoms with Crippen LogP contribution >= 0.6 is 0 Å². The maximum absolute atomic E-state index is 11.6. The van der Waals surface area contributed by atoms with E-state index >= 15 is 0 Å². The van der Waals surface area contributed by atoms with Crippen molar-refractivity contribution in [2.45, 2.75) is 32.2 Å². The molecule has 1 aromatic carbocycles. The fourth-order valence-electron chi connectivity index (χ4n) is 1.78. The molecule has 1 rings (SSSR count). The first-order valence-corrected chi connectivity index (χ1v) is 6.85. The van der Waals surface area contributed by atoms with Crippen LogP contribution in [0.5, 0.6) is 5.75 Å². The summed E-state index contributed by atoms with van der Waals surface area (Å²) in [5.41, 5.74) is 1.10. The molecule has 0 aliphatic carbocycles. The number of carboxylic acid groups (broad SMARTS) is 1. The molecule has 1 aromatic rings. The lowest BCUT2D eigenvalue weighted by Gasteiger charge is -2.13. The van der Waals surface area contributed by atoms with E-state index in [1.807, 2.05) is 31.2 Å². The zero-order valence-electron chi connectivity index (χ0n) is 12.0. The van der Waals surface area contributed by atoms with Gasteiger partial charge in [-0.1, -0.05) is 12.1 Å². The maximum atomic E-state index is 11.6. The van der Waals surface area contributed by atoms with Crippen LogP contribution in [-0.2, 0) is 9.59 Å². The van der Waals surface area contributed by atoms with Crippen molar-refractivity contribution in [1.82, 2.24) is 5.32 Å². The molecule has 1 amide bonds. The van der Waals surface area contributed by atoms with Crippen molar-refractivity contribution in [3.63, 3.8) is 0 Å². The van der Waals surface area contributed by atoms with E-state index in [1.54, 1.807) is 0 Å². The molecule has 0 saturated carbocycles. The van der Waals surface area contributed by atoms with E-state index in [0.717, 1.165) is 11.3 Å². The minimum atomic E-state index is -1.14. The van der Waals surface area contributed by atoms with Crippen LogP contribution in [-0.4, -0.2) is 41.3 Å². The number of hydrogen-bond acceptors (Lipinski definition) is 4. The van der Waals surface area contributed by atoms with Crippen molar-refractivity contribution in [1.29, 1.82) is 0 Å². The van der Waals surface area contributed by atoms with Gasteiger partial charge in [0.2, 0.25) is 5.91 Å². The lowest BCUT2D eigenvalue weighted by Crippen LogP contribution is -2.41. The summed E-state index contributed by atoms with van der Waals surface area (Å²) >= 11 is 0. The summed E-state index contributed by atoms with van der Waals surface area (Å²) in [6, 6.07) is 6.56. The number of carboxylic acids is 1. The van der Waals surface area contributed by atoms with Gasteiger partial charge in [-0.15, -0.1) is 0 Å². The predicted molar refractivity (Wildman–Crippen MR) is 77.2 cm³/mol. The standard InChI is InChI=1S/C15H21NO5/c1-11-4-2-5-12(10-11)21-9-3-6-14(18)16-13(7-8-17)15(19)20/h2,4-5,10,13,17H,3,6-9H2,1H3,(H,16,18)(H,19,20)/t13-/m1/s1. The Morgan fingerprint density at radius 1 is 1.38 bits per heavy atom. The highest BCUT2D eigenvalue weighted by molar-refractivity contribution is 5.83. The minimum Gasteiger partial charge on any atom is -0.494 e. The molecule has 21 heavy (non-hydrogen) atoms. The summed E-state index contributed by atoms with van der Waals surface area (Å²) < 4.78 is 5.50. The summed E-state index contributed by atoms with van der Waals surface area (Å²) in [5.74, 6) is -0.754. The van der Waals surface area contributed by atoms with E-state index in [4.69, 9.17) is 14.9 Å². The molecule has 6 nitrogen and oxygen atoms in total. The van der Waals surface area contributed by atoms with Gasteiger partial charge in [-0.3, -0.25) is 4.79 Å². The molecule has 0 aliphatic rings. The highest BCUT2D eigenvalue weighted by Crippen LogP contribution is 2.12. The Hall–Kier alpha value is -2.08. The van der Waals surface area contributed by atoms with Crippen LogP contribution in [0.1, 0.15) is 24.8 Å². The molecule has 0 aromatic heterocycles. The molecule has 0 fully saturated rings. The molecule has 0 radical (unpaired) electrons. The number of aliphatic hydroxyl groups is 1. The van der Waals surface area contributed by atoms with Crippen molar-refractivity contribution in [2.75, 3.05) is 13.2 Å². The van der Waals surface area contributed by atoms with Gasteiger partial charge in [0.1, 0.15) is 11.8 Å². The fraction of sp³-hybridized carbons (Fsp3) is 0.467. The van der Waals surface area contributed by atoms with Crippen LogP contribution in [0, 0.1) is 6.92 Å². The zero-order valence-corrected chi connectivity index (χ0v) is 12.0. The van der Waals surface area contributed by atoms with Gasteiger partial charge >= 0.3 is 5.97 Å².